The minimum atomic E-state index is 0.0656. The van der Waals surface area contributed by atoms with Gasteiger partial charge in [0.1, 0.15) is 11.6 Å². The molecule has 0 aliphatic rings. The molecule has 2 rings (SSSR count). The number of rotatable bonds is 4. The molecule has 4 heteroatoms. The Hall–Kier alpha value is -1.94. The van der Waals surface area contributed by atoms with Gasteiger partial charge in [-0.1, -0.05) is 12.1 Å². The summed E-state index contributed by atoms with van der Waals surface area (Å²) in [7, 11) is 0. The molecule has 1 aromatic carbocycles. The van der Waals surface area contributed by atoms with E-state index in [9.17, 15) is 5.11 Å². The quantitative estimate of drug-likeness (QED) is 0.884. The van der Waals surface area contributed by atoms with E-state index in [1.165, 1.54) is 0 Å². The Kier molecular flexibility index (Phi) is 4.12. The highest BCUT2D eigenvalue weighted by Gasteiger charge is 2.10. The molecule has 0 saturated heterocycles. The Morgan fingerprint density at radius 2 is 2.05 bits per heavy atom. The van der Waals surface area contributed by atoms with Crippen LogP contribution in [0.5, 0.6) is 5.75 Å². The molecule has 19 heavy (non-hydrogen) atoms. The molecular weight excluding hydrogens is 238 g/mol. The summed E-state index contributed by atoms with van der Waals surface area (Å²) in [5.74, 6) is 1.10. The lowest BCUT2D eigenvalue weighted by Gasteiger charge is -2.15. The number of aromatic hydroxyl groups is 1. The molecular formula is C15H19N3O. The molecule has 0 spiro atoms. The predicted octanol–water partition coefficient (Wildman–Crippen LogP) is 2.65. The van der Waals surface area contributed by atoms with Gasteiger partial charge < -0.3 is 10.4 Å². The first kappa shape index (κ1) is 13.5. The predicted molar refractivity (Wildman–Crippen MR) is 74.9 cm³/mol. The van der Waals surface area contributed by atoms with Crippen LogP contribution in [0.2, 0.25) is 0 Å². The Bertz CT molecular complexity index is 569. The van der Waals surface area contributed by atoms with Crippen molar-refractivity contribution in [1.29, 1.82) is 0 Å². The summed E-state index contributed by atoms with van der Waals surface area (Å²) >= 11 is 0. The van der Waals surface area contributed by atoms with Crippen LogP contribution in [0.3, 0.4) is 0 Å². The van der Waals surface area contributed by atoms with Gasteiger partial charge in [-0.25, -0.2) is 9.97 Å². The zero-order valence-corrected chi connectivity index (χ0v) is 11.5. The fraction of sp³-hybridized carbons (Fsp3) is 0.333. The van der Waals surface area contributed by atoms with E-state index in [2.05, 4.69) is 15.3 Å². The number of phenols is 1. The van der Waals surface area contributed by atoms with Crippen LogP contribution < -0.4 is 5.32 Å². The summed E-state index contributed by atoms with van der Waals surface area (Å²) in [6.07, 6.45) is 1.76. The molecule has 1 unspecified atom stereocenters. The van der Waals surface area contributed by atoms with Gasteiger partial charge in [-0.05, 0) is 38.5 Å². The van der Waals surface area contributed by atoms with Crippen molar-refractivity contribution in [2.75, 3.05) is 0 Å². The van der Waals surface area contributed by atoms with Gasteiger partial charge in [0.05, 0.1) is 5.69 Å². The fourth-order valence-electron chi connectivity index (χ4n) is 1.99. The number of hydrogen-bond acceptors (Lipinski definition) is 4. The zero-order chi connectivity index (χ0) is 13.8. The van der Waals surface area contributed by atoms with Gasteiger partial charge in [-0.2, -0.15) is 0 Å². The first-order valence-corrected chi connectivity index (χ1v) is 6.37. The maximum atomic E-state index is 9.94. The first-order valence-electron chi connectivity index (χ1n) is 6.37. The van der Waals surface area contributed by atoms with Crippen molar-refractivity contribution in [3.8, 4) is 5.75 Å². The standard InChI is InChI=1S/C15H19N3O/c1-10-4-5-14(15(19)8-10)11(2)17-9-13-6-7-16-12(3)18-13/h4-8,11,17,19H,9H2,1-3H3. The van der Waals surface area contributed by atoms with Gasteiger partial charge in [0.15, 0.2) is 0 Å². The molecule has 0 radical (unpaired) electrons. The molecule has 0 aliphatic carbocycles. The van der Waals surface area contributed by atoms with E-state index in [1.807, 2.05) is 39.0 Å². The first-order chi connectivity index (χ1) is 9.06. The summed E-state index contributed by atoms with van der Waals surface area (Å²) < 4.78 is 0. The van der Waals surface area contributed by atoms with E-state index in [4.69, 9.17) is 0 Å². The van der Waals surface area contributed by atoms with E-state index in [0.29, 0.717) is 12.3 Å². The minimum absolute atomic E-state index is 0.0656. The van der Waals surface area contributed by atoms with E-state index in [1.54, 1.807) is 12.3 Å². The van der Waals surface area contributed by atoms with Crippen molar-refractivity contribution in [2.45, 2.75) is 33.4 Å². The maximum absolute atomic E-state index is 9.94. The number of hydrogen-bond donors (Lipinski definition) is 2. The number of phenolic OH excluding ortho intramolecular Hbond substituents is 1. The molecule has 2 aromatic rings. The van der Waals surface area contributed by atoms with E-state index in [0.717, 1.165) is 22.6 Å². The van der Waals surface area contributed by atoms with Crippen molar-refractivity contribution >= 4 is 0 Å². The van der Waals surface area contributed by atoms with E-state index >= 15 is 0 Å². The van der Waals surface area contributed by atoms with Crippen LogP contribution in [0.15, 0.2) is 30.5 Å². The van der Waals surface area contributed by atoms with Crippen LogP contribution in [0.4, 0.5) is 0 Å². The van der Waals surface area contributed by atoms with Crippen molar-refractivity contribution < 1.29 is 5.11 Å². The van der Waals surface area contributed by atoms with E-state index in [-0.39, 0.29) is 6.04 Å². The summed E-state index contributed by atoms with van der Waals surface area (Å²) in [6.45, 7) is 6.51. The zero-order valence-electron chi connectivity index (χ0n) is 11.5. The Balaban J connectivity index is 2.03. The molecule has 1 heterocycles. The largest absolute Gasteiger partial charge is 0.508 e. The molecule has 0 bridgehead atoms. The Labute approximate surface area is 113 Å². The SMILES string of the molecule is Cc1ccc(C(C)NCc2ccnc(C)n2)c(O)c1. The van der Waals surface area contributed by atoms with Gasteiger partial charge in [-0.3, -0.25) is 0 Å². The monoisotopic (exact) mass is 257 g/mol. The van der Waals surface area contributed by atoms with Gasteiger partial charge in [-0.15, -0.1) is 0 Å². The van der Waals surface area contributed by atoms with Crippen LogP contribution >= 0.6 is 0 Å². The normalized spacial score (nSPS) is 12.4. The highest BCUT2D eigenvalue weighted by Crippen LogP contribution is 2.24. The third-order valence-corrected chi connectivity index (χ3v) is 3.08. The summed E-state index contributed by atoms with van der Waals surface area (Å²) in [6, 6.07) is 7.69. The lowest BCUT2D eigenvalue weighted by molar-refractivity contribution is 0.451. The third kappa shape index (κ3) is 3.51. The van der Waals surface area contributed by atoms with Crippen LogP contribution in [0, 0.1) is 13.8 Å². The van der Waals surface area contributed by atoms with Crippen molar-refractivity contribution in [1.82, 2.24) is 15.3 Å². The molecule has 1 atom stereocenters. The van der Waals surface area contributed by atoms with Crippen LogP contribution in [0.1, 0.15) is 35.6 Å². The minimum Gasteiger partial charge on any atom is -0.508 e. The van der Waals surface area contributed by atoms with Gasteiger partial charge >= 0.3 is 0 Å². The van der Waals surface area contributed by atoms with Crippen LogP contribution in [-0.4, -0.2) is 15.1 Å². The van der Waals surface area contributed by atoms with Crippen LogP contribution in [0.25, 0.3) is 0 Å². The number of benzene rings is 1. The molecule has 0 amide bonds. The summed E-state index contributed by atoms with van der Waals surface area (Å²) in [5.41, 5.74) is 2.90. The smallest absolute Gasteiger partial charge is 0.125 e. The molecule has 100 valence electrons. The van der Waals surface area contributed by atoms with Gasteiger partial charge in [0.25, 0.3) is 0 Å². The van der Waals surface area contributed by atoms with Crippen molar-refractivity contribution in [3.05, 3.63) is 53.1 Å². The highest BCUT2D eigenvalue weighted by molar-refractivity contribution is 5.37. The average molecular weight is 257 g/mol. The molecule has 4 nitrogen and oxygen atoms in total. The lowest BCUT2D eigenvalue weighted by Crippen LogP contribution is -2.19. The topological polar surface area (TPSA) is 58.0 Å². The Morgan fingerprint density at radius 1 is 1.26 bits per heavy atom. The average Bonchev–Trinajstić information content (AvgIpc) is 2.36. The number of aryl methyl sites for hydroxylation is 2. The lowest BCUT2D eigenvalue weighted by atomic mass is 10.1. The van der Waals surface area contributed by atoms with E-state index < -0.39 is 0 Å². The van der Waals surface area contributed by atoms with Crippen LogP contribution in [-0.2, 0) is 6.54 Å². The molecule has 0 fully saturated rings. The van der Waals surface area contributed by atoms with Gasteiger partial charge in [0.2, 0.25) is 0 Å². The number of nitrogens with one attached hydrogen (secondary N) is 1. The number of aromatic nitrogens is 2. The fourth-order valence-corrected chi connectivity index (χ4v) is 1.99. The summed E-state index contributed by atoms with van der Waals surface area (Å²) in [5, 5.41) is 13.3. The Morgan fingerprint density at radius 3 is 2.74 bits per heavy atom. The molecule has 2 N–H and O–H groups in total. The highest BCUT2D eigenvalue weighted by atomic mass is 16.3. The molecule has 1 aromatic heterocycles. The number of nitrogens with zero attached hydrogens (tertiary/aromatic N) is 2. The second kappa shape index (κ2) is 5.80. The molecule has 0 aliphatic heterocycles. The third-order valence-electron chi connectivity index (χ3n) is 3.08. The summed E-state index contributed by atoms with van der Waals surface area (Å²) in [4.78, 5) is 8.41. The molecule has 0 saturated carbocycles. The second-order valence-corrected chi connectivity index (χ2v) is 4.76. The second-order valence-electron chi connectivity index (χ2n) is 4.76. The maximum Gasteiger partial charge on any atom is 0.125 e. The van der Waals surface area contributed by atoms with Crippen molar-refractivity contribution in [2.24, 2.45) is 0 Å². The van der Waals surface area contributed by atoms with Gasteiger partial charge in [0, 0.05) is 24.3 Å². The van der Waals surface area contributed by atoms with Crippen molar-refractivity contribution in [3.63, 3.8) is 0 Å².